The lowest BCUT2D eigenvalue weighted by Crippen LogP contribution is -2.40. The molecule has 3 aromatic rings. The summed E-state index contributed by atoms with van der Waals surface area (Å²) < 4.78 is 51.2. The summed E-state index contributed by atoms with van der Waals surface area (Å²) >= 11 is 0. The third kappa shape index (κ3) is 4.93. The number of benzene rings is 1. The number of aryl methyl sites for hydroxylation is 1. The summed E-state index contributed by atoms with van der Waals surface area (Å²) in [6.45, 7) is 3.66. The van der Waals surface area contributed by atoms with E-state index in [9.17, 15) is 17.6 Å². The van der Waals surface area contributed by atoms with Crippen LogP contribution in [0, 0.1) is 18.7 Å². The molecule has 0 saturated carbocycles. The Morgan fingerprint density at radius 2 is 2.03 bits per heavy atom. The molecule has 4 rings (SSSR count). The van der Waals surface area contributed by atoms with Crippen molar-refractivity contribution in [3.05, 3.63) is 60.0 Å². The summed E-state index contributed by atoms with van der Waals surface area (Å²) in [5, 5.41) is 3.84. The fraction of sp³-hybridized carbons (Fsp3) is 0.364. The van der Waals surface area contributed by atoms with E-state index in [1.165, 1.54) is 28.8 Å². The number of piperidine rings is 1. The Bertz CT molecular complexity index is 1240. The van der Waals surface area contributed by atoms with Crippen LogP contribution in [0.25, 0.3) is 11.4 Å². The van der Waals surface area contributed by atoms with Crippen molar-refractivity contribution < 1.29 is 26.9 Å². The molecule has 0 radical (unpaired) electrons. The predicted molar refractivity (Wildman–Crippen MR) is 115 cm³/mol. The molecule has 1 aliphatic heterocycles. The fourth-order valence-corrected chi connectivity index (χ4v) is 4.99. The van der Waals surface area contributed by atoms with Gasteiger partial charge in [-0.25, -0.2) is 12.8 Å². The molecule has 33 heavy (non-hydrogen) atoms. The van der Waals surface area contributed by atoms with E-state index in [1.807, 2.05) is 0 Å². The van der Waals surface area contributed by atoms with Crippen LogP contribution in [-0.4, -0.2) is 46.9 Å². The van der Waals surface area contributed by atoms with Crippen molar-refractivity contribution in [2.45, 2.75) is 37.7 Å². The van der Waals surface area contributed by atoms with E-state index in [1.54, 1.807) is 32.0 Å². The van der Waals surface area contributed by atoms with Crippen LogP contribution in [0.15, 0.2) is 52.1 Å². The first-order chi connectivity index (χ1) is 15.8. The van der Waals surface area contributed by atoms with E-state index in [2.05, 4.69) is 15.1 Å². The highest BCUT2D eigenvalue weighted by Crippen LogP contribution is 2.27. The van der Waals surface area contributed by atoms with Crippen molar-refractivity contribution in [1.29, 1.82) is 0 Å². The second-order valence-electron chi connectivity index (χ2n) is 7.87. The van der Waals surface area contributed by atoms with Crippen LogP contribution >= 0.6 is 0 Å². The number of hydrogen-bond donors (Lipinski definition) is 0. The van der Waals surface area contributed by atoms with Crippen LogP contribution in [0.1, 0.15) is 37.3 Å². The van der Waals surface area contributed by atoms with Gasteiger partial charge < -0.3 is 9.26 Å². The average Bonchev–Trinajstić information content (AvgIpc) is 3.32. The molecule has 0 spiro atoms. The van der Waals surface area contributed by atoms with Crippen LogP contribution in [0.2, 0.25) is 0 Å². The summed E-state index contributed by atoms with van der Waals surface area (Å²) in [7, 11) is -3.65. The largest absolute Gasteiger partial charge is 0.452 e. The van der Waals surface area contributed by atoms with E-state index in [0.717, 1.165) is 0 Å². The molecule has 9 nitrogen and oxygen atoms in total. The predicted octanol–water partition coefficient (Wildman–Crippen LogP) is 3.28. The number of carbonyl (C=O) groups is 1. The lowest BCUT2D eigenvalue weighted by Gasteiger charge is -2.30. The summed E-state index contributed by atoms with van der Waals surface area (Å²) in [6, 6.07) is 7.67. The van der Waals surface area contributed by atoms with Crippen LogP contribution < -0.4 is 0 Å². The Hall–Kier alpha value is -3.18. The van der Waals surface area contributed by atoms with Crippen molar-refractivity contribution in [3.8, 4) is 11.4 Å². The second kappa shape index (κ2) is 9.36. The minimum atomic E-state index is -3.65. The smallest absolute Gasteiger partial charge is 0.309 e. The van der Waals surface area contributed by atoms with Gasteiger partial charge in [-0.1, -0.05) is 17.3 Å². The van der Waals surface area contributed by atoms with Crippen LogP contribution in [0.5, 0.6) is 0 Å². The first kappa shape index (κ1) is 23.0. The van der Waals surface area contributed by atoms with Crippen molar-refractivity contribution in [1.82, 2.24) is 19.4 Å². The van der Waals surface area contributed by atoms with Gasteiger partial charge in [0.2, 0.25) is 15.8 Å². The first-order valence-corrected chi connectivity index (χ1v) is 11.9. The van der Waals surface area contributed by atoms with Gasteiger partial charge in [-0.3, -0.25) is 9.78 Å². The second-order valence-corrected chi connectivity index (χ2v) is 9.80. The number of pyridine rings is 1. The normalized spacial score (nSPS) is 16.5. The third-order valence-electron chi connectivity index (χ3n) is 5.57. The number of sulfonamides is 1. The number of rotatable bonds is 6. The standard InChI is InChI=1S/C22H23FN4O5S/c1-14-5-6-17(12-19(14)23)20-25-21(32-26-20)15(2)31-22(28)16-7-10-27(11-8-16)33(29,30)18-4-3-9-24-13-18/h3-6,9,12-13,15-16H,7-8,10-11H2,1-2H3. The highest BCUT2D eigenvalue weighted by atomic mass is 32.2. The number of ether oxygens (including phenoxy) is 1. The van der Waals surface area contributed by atoms with E-state index in [0.29, 0.717) is 24.0 Å². The molecule has 1 aromatic carbocycles. The molecule has 0 bridgehead atoms. The number of hydrogen-bond acceptors (Lipinski definition) is 8. The SMILES string of the molecule is Cc1ccc(-c2noc(C(C)OC(=O)C3CCN(S(=O)(=O)c4cccnc4)CC3)n2)cc1F. The van der Waals surface area contributed by atoms with Gasteiger partial charge in [0.1, 0.15) is 10.7 Å². The van der Waals surface area contributed by atoms with Crippen molar-refractivity contribution in [2.75, 3.05) is 13.1 Å². The van der Waals surface area contributed by atoms with Gasteiger partial charge >= 0.3 is 5.97 Å². The number of carbonyl (C=O) groups excluding carboxylic acids is 1. The molecule has 3 heterocycles. The van der Waals surface area contributed by atoms with E-state index in [4.69, 9.17) is 9.26 Å². The number of esters is 1. The zero-order chi connectivity index (χ0) is 23.6. The summed E-state index contributed by atoms with van der Waals surface area (Å²) in [6.07, 6.45) is 2.69. The Kier molecular flexibility index (Phi) is 6.52. The zero-order valence-electron chi connectivity index (χ0n) is 18.1. The van der Waals surface area contributed by atoms with Crippen molar-refractivity contribution in [2.24, 2.45) is 5.92 Å². The highest BCUT2D eigenvalue weighted by Gasteiger charge is 2.34. The Labute approximate surface area is 190 Å². The quantitative estimate of drug-likeness (QED) is 0.500. The molecule has 174 valence electrons. The van der Waals surface area contributed by atoms with Gasteiger partial charge in [-0.05, 0) is 50.5 Å². The van der Waals surface area contributed by atoms with E-state index >= 15 is 0 Å². The monoisotopic (exact) mass is 474 g/mol. The Morgan fingerprint density at radius 3 is 2.70 bits per heavy atom. The van der Waals surface area contributed by atoms with Crippen LogP contribution in [-0.2, 0) is 19.6 Å². The lowest BCUT2D eigenvalue weighted by molar-refractivity contribution is -0.156. The Morgan fingerprint density at radius 1 is 1.27 bits per heavy atom. The van der Waals surface area contributed by atoms with Crippen LogP contribution in [0.4, 0.5) is 4.39 Å². The average molecular weight is 475 g/mol. The molecule has 1 saturated heterocycles. The maximum absolute atomic E-state index is 13.8. The van der Waals surface area contributed by atoms with Crippen molar-refractivity contribution >= 4 is 16.0 Å². The third-order valence-corrected chi connectivity index (χ3v) is 7.45. The minimum Gasteiger partial charge on any atom is -0.452 e. The van der Waals surface area contributed by atoms with Crippen molar-refractivity contribution in [3.63, 3.8) is 0 Å². The van der Waals surface area contributed by atoms with Gasteiger partial charge in [-0.15, -0.1) is 0 Å². The molecular weight excluding hydrogens is 451 g/mol. The number of halogens is 1. The molecule has 1 fully saturated rings. The first-order valence-electron chi connectivity index (χ1n) is 10.5. The molecule has 1 aliphatic rings. The zero-order valence-corrected chi connectivity index (χ0v) is 19.0. The summed E-state index contributed by atoms with van der Waals surface area (Å²) in [4.78, 5) is 20.8. The van der Waals surface area contributed by atoms with E-state index < -0.39 is 28.0 Å². The van der Waals surface area contributed by atoms with Crippen LogP contribution in [0.3, 0.4) is 0 Å². The van der Waals surface area contributed by atoms with Gasteiger partial charge in [-0.2, -0.15) is 9.29 Å². The molecule has 11 heteroatoms. The topological polar surface area (TPSA) is 115 Å². The molecule has 0 amide bonds. The summed E-state index contributed by atoms with van der Waals surface area (Å²) in [5.41, 5.74) is 0.956. The van der Waals surface area contributed by atoms with Gasteiger partial charge in [0.25, 0.3) is 5.89 Å². The molecule has 0 N–H and O–H groups in total. The maximum Gasteiger partial charge on any atom is 0.309 e. The molecule has 2 aromatic heterocycles. The number of nitrogens with zero attached hydrogens (tertiary/aromatic N) is 4. The molecule has 0 aliphatic carbocycles. The highest BCUT2D eigenvalue weighted by molar-refractivity contribution is 7.89. The van der Waals surface area contributed by atoms with E-state index in [-0.39, 0.29) is 35.5 Å². The number of aromatic nitrogens is 3. The minimum absolute atomic E-state index is 0.0934. The molecule has 1 unspecified atom stereocenters. The maximum atomic E-state index is 13.8. The fourth-order valence-electron chi connectivity index (χ4n) is 3.55. The molecular formula is C22H23FN4O5S. The van der Waals surface area contributed by atoms with Gasteiger partial charge in [0, 0.05) is 31.0 Å². The van der Waals surface area contributed by atoms with Gasteiger partial charge in [0.05, 0.1) is 5.92 Å². The molecule has 1 atom stereocenters. The van der Waals surface area contributed by atoms with Gasteiger partial charge in [0.15, 0.2) is 6.10 Å². The summed E-state index contributed by atoms with van der Waals surface area (Å²) in [5.74, 6) is -0.990. The lowest BCUT2D eigenvalue weighted by atomic mass is 9.98. The Balaban J connectivity index is 1.35.